The van der Waals surface area contributed by atoms with Crippen LogP contribution >= 0.6 is 0 Å². The van der Waals surface area contributed by atoms with E-state index in [9.17, 15) is 0 Å². The van der Waals surface area contributed by atoms with Crippen molar-refractivity contribution in [3.63, 3.8) is 0 Å². The summed E-state index contributed by atoms with van der Waals surface area (Å²) in [7, 11) is 0. The van der Waals surface area contributed by atoms with E-state index in [1.54, 1.807) is 0 Å². The van der Waals surface area contributed by atoms with Crippen LogP contribution in [0.5, 0.6) is 0 Å². The topological polar surface area (TPSA) is 80.5 Å². The Kier molecular flexibility index (Phi) is 12.0. The van der Waals surface area contributed by atoms with Crippen molar-refractivity contribution in [2.75, 3.05) is 26.2 Å². The summed E-state index contributed by atoms with van der Waals surface area (Å²) in [4.78, 5) is 2.42. The first-order chi connectivity index (χ1) is 5.66. The summed E-state index contributed by atoms with van der Waals surface area (Å²) in [6, 6.07) is 0. The molecule has 0 spiro atoms. The number of hydrogen-bond acceptors (Lipinski definition) is 5. The van der Waals surface area contributed by atoms with Crippen LogP contribution in [0.25, 0.3) is 0 Å². The quantitative estimate of drug-likeness (QED) is 0.706. The fraction of sp³-hybridized carbons (Fsp3) is 0.857. The van der Waals surface area contributed by atoms with E-state index in [1.807, 2.05) is 0 Å². The average Bonchev–Trinajstić information content (AvgIpc) is 2.39. The first-order valence-electron chi connectivity index (χ1n) is 3.82. The molecule has 0 bridgehead atoms. The van der Waals surface area contributed by atoms with Gasteiger partial charge in [0.1, 0.15) is 0 Å². The molecule has 0 aromatic rings. The molecule has 81 valence electrons. The summed E-state index contributed by atoms with van der Waals surface area (Å²) in [6.45, 7) is 4.47. The molecule has 5 nitrogen and oxygen atoms in total. The molecule has 0 radical (unpaired) electrons. The Morgan fingerprint density at radius 2 is 1.54 bits per heavy atom. The van der Waals surface area contributed by atoms with Crippen molar-refractivity contribution in [1.29, 1.82) is 0 Å². The molecule has 1 heterocycles. The Bertz CT molecular complexity index is 188. The Labute approximate surface area is 84.4 Å². The van der Waals surface area contributed by atoms with Crippen molar-refractivity contribution in [2.45, 2.75) is 12.8 Å². The van der Waals surface area contributed by atoms with Crippen LogP contribution in [0.3, 0.4) is 0 Å². The minimum atomic E-state index is -4.21. The van der Waals surface area contributed by atoms with Crippen LogP contribution in [-0.4, -0.2) is 31.1 Å². The number of hydrogen-bond donors (Lipinski definition) is 1. The molecule has 0 saturated carbocycles. The molecule has 0 aromatic carbocycles. The summed E-state index contributed by atoms with van der Waals surface area (Å²) in [5.74, 6) is 0. The molecular weight excluding hydrogens is 346 g/mol. The van der Waals surface area contributed by atoms with Crippen LogP contribution < -0.4 is 5.73 Å². The van der Waals surface area contributed by atoms with E-state index in [2.05, 4.69) is 4.90 Å². The molecule has 1 aliphatic heterocycles. The number of nitrogens with two attached hydrogens (primary N) is 1. The van der Waals surface area contributed by atoms with E-state index in [1.165, 1.54) is 25.9 Å². The Morgan fingerprint density at radius 3 is 1.85 bits per heavy atom. The number of rotatable bonds is 2. The van der Waals surface area contributed by atoms with Gasteiger partial charge in [0.2, 0.25) is 0 Å². The molecule has 0 amide bonds. The molecule has 0 aliphatic carbocycles. The second kappa shape index (κ2) is 10.1. The standard InChI is InChI=1S/C6H14N2.CH3.3O.Re/c7-3-6-8-4-1-2-5-8;;;;;/h1-7H2;1H3;;;;/q;-1;;;;. The van der Waals surface area contributed by atoms with Gasteiger partial charge in [0.05, 0.1) is 0 Å². The van der Waals surface area contributed by atoms with Crippen molar-refractivity contribution in [2.24, 2.45) is 5.73 Å². The predicted molar refractivity (Wildman–Crippen MR) is 43.2 cm³/mol. The first kappa shape index (κ1) is 15.5. The maximum absolute atomic E-state index is 8.60. The minimum absolute atomic E-state index is 0. The third-order valence-corrected chi connectivity index (χ3v) is 1.64. The predicted octanol–water partition coefficient (Wildman–Crippen LogP) is 0.132. The van der Waals surface area contributed by atoms with Crippen LogP contribution in [0.2, 0.25) is 0 Å². The van der Waals surface area contributed by atoms with E-state index >= 15 is 0 Å². The maximum atomic E-state index is 8.60. The van der Waals surface area contributed by atoms with Crippen molar-refractivity contribution >= 4 is 0 Å². The molecule has 6 heteroatoms. The Hall–Kier alpha value is -0.0177. The van der Waals surface area contributed by atoms with Crippen molar-refractivity contribution < 1.29 is 27.0 Å². The van der Waals surface area contributed by atoms with Crippen molar-refractivity contribution in [3.8, 4) is 0 Å². The van der Waals surface area contributed by atoms with E-state index in [0.29, 0.717) is 0 Å². The summed E-state index contributed by atoms with van der Waals surface area (Å²) < 4.78 is 25.8. The fourth-order valence-corrected chi connectivity index (χ4v) is 1.19. The SMILES string of the molecule is NCCN1CCCC1.[CH3-].[O]=[Re](=[O])=[O]. The van der Waals surface area contributed by atoms with Gasteiger partial charge in [-0.1, -0.05) is 0 Å². The van der Waals surface area contributed by atoms with Gasteiger partial charge in [-0.2, -0.15) is 0 Å². The fourth-order valence-electron chi connectivity index (χ4n) is 1.19. The molecule has 13 heavy (non-hydrogen) atoms. The third kappa shape index (κ3) is 12.0. The summed E-state index contributed by atoms with van der Waals surface area (Å²) in [5.41, 5.74) is 5.37. The van der Waals surface area contributed by atoms with Crippen LogP contribution in [0.15, 0.2) is 0 Å². The molecule has 1 fully saturated rings. The zero-order valence-corrected chi connectivity index (χ0v) is 10.6. The van der Waals surface area contributed by atoms with Crippen LogP contribution in [0, 0.1) is 7.43 Å². The molecule has 1 saturated heterocycles. The summed E-state index contributed by atoms with van der Waals surface area (Å²) in [5, 5.41) is 0. The molecule has 1 rings (SSSR count). The normalized spacial score (nSPS) is 15.5. The van der Waals surface area contributed by atoms with Gasteiger partial charge >= 0.3 is 27.0 Å². The first-order valence-corrected chi connectivity index (χ1v) is 7.15. The second-order valence-electron chi connectivity index (χ2n) is 2.53. The second-order valence-corrected chi connectivity index (χ2v) is 3.88. The zero-order valence-electron chi connectivity index (χ0n) is 7.87. The molecule has 0 unspecified atom stereocenters. The van der Waals surface area contributed by atoms with Crippen LogP contribution in [0.4, 0.5) is 0 Å². The van der Waals surface area contributed by atoms with Gasteiger partial charge in [-0.05, 0) is 25.9 Å². The summed E-state index contributed by atoms with van der Waals surface area (Å²) in [6.07, 6.45) is 2.75. The molecule has 1 aliphatic rings. The Morgan fingerprint density at radius 1 is 1.15 bits per heavy atom. The van der Waals surface area contributed by atoms with Crippen molar-refractivity contribution in [1.82, 2.24) is 4.90 Å². The van der Waals surface area contributed by atoms with Gasteiger partial charge in [-0.25, -0.2) is 0 Å². The summed E-state index contributed by atoms with van der Waals surface area (Å²) >= 11 is -4.21. The van der Waals surface area contributed by atoms with Crippen LogP contribution in [-0.2, 0) is 27.0 Å². The molecular formula is C7H17N2O3Re-. The van der Waals surface area contributed by atoms with Crippen LogP contribution in [0.1, 0.15) is 12.8 Å². The van der Waals surface area contributed by atoms with Gasteiger partial charge < -0.3 is 18.1 Å². The van der Waals surface area contributed by atoms with E-state index in [0.717, 1.165) is 13.1 Å². The molecule has 0 aromatic heterocycles. The van der Waals surface area contributed by atoms with E-state index in [-0.39, 0.29) is 7.43 Å². The molecule has 2 N–H and O–H groups in total. The van der Waals surface area contributed by atoms with Gasteiger partial charge in [0, 0.05) is 13.1 Å². The third-order valence-electron chi connectivity index (χ3n) is 1.64. The van der Waals surface area contributed by atoms with Gasteiger partial charge in [-0.15, -0.1) is 0 Å². The van der Waals surface area contributed by atoms with Gasteiger partial charge in [0.15, 0.2) is 0 Å². The zero-order chi connectivity index (χ0) is 9.40. The number of nitrogens with zero attached hydrogens (tertiary/aromatic N) is 1. The number of likely N-dealkylation sites (tertiary alicyclic amines) is 1. The molecule has 0 atom stereocenters. The van der Waals surface area contributed by atoms with E-state index in [4.69, 9.17) is 16.1 Å². The monoisotopic (exact) mass is 364 g/mol. The van der Waals surface area contributed by atoms with Crippen molar-refractivity contribution in [3.05, 3.63) is 7.43 Å². The average molecular weight is 363 g/mol. The van der Waals surface area contributed by atoms with Gasteiger partial charge in [0.25, 0.3) is 0 Å². The Balaban J connectivity index is 0. The van der Waals surface area contributed by atoms with E-state index < -0.39 is 16.6 Å². The van der Waals surface area contributed by atoms with Gasteiger partial charge in [-0.3, -0.25) is 0 Å².